The molecule has 1 fully saturated rings. The second-order valence-corrected chi connectivity index (χ2v) is 6.61. The molecule has 1 aliphatic rings. The number of piperazine rings is 1. The highest BCUT2D eigenvalue weighted by atomic mass is 16.1. The van der Waals surface area contributed by atoms with Crippen molar-refractivity contribution in [2.24, 2.45) is 0 Å². The number of hydrogen-bond donors (Lipinski definition) is 1. The lowest BCUT2D eigenvalue weighted by atomic mass is 10.1. The summed E-state index contributed by atoms with van der Waals surface area (Å²) >= 11 is 0. The van der Waals surface area contributed by atoms with E-state index in [1.54, 1.807) is 0 Å². The molecule has 0 atom stereocenters. The SMILES string of the molecule is CNc1cccc(C(=O)CCN2CCN(Cc3ccccc3)CC2)c1. The maximum absolute atomic E-state index is 12.4. The van der Waals surface area contributed by atoms with Crippen LogP contribution in [0.5, 0.6) is 0 Å². The average Bonchev–Trinajstić information content (AvgIpc) is 2.68. The number of benzene rings is 2. The summed E-state index contributed by atoms with van der Waals surface area (Å²) in [5, 5.41) is 3.08. The molecule has 25 heavy (non-hydrogen) atoms. The number of hydrogen-bond acceptors (Lipinski definition) is 4. The van der Waals surface area contributed by atoms with Crippen molar-refractivity contribution in [1.29, 1.82) is 0 Å². The van der Waals surface area contributed by atoms with Crippen molar-refractivity contribution >= 4 is 11.5 Å². The molecule has 1 heterocycles. The number of Topliss-reactive ketones (excluding diaryl/α,β-unsaturated/α-hetero) is 1. The van der Waals surface area contributed by atoms with Crippen LogP contribution in [0.2, 0.25) is 0 Å². The Balaban J connectivity index is 1.42. The van der Waals surface area contributed by atoms with Crippen molar-refractivity contribution in [2.45, 2.75) is 13.0 Å². The van der Waals surface area contributed by atoms with Crippen LogP contribution in [0.15, 0.2) is 54.6 Å². The second-order valence-electron chi connectivity index (χ2n) is 6.61. The van der Waals surface area contributed by atoms with Gasteiger partial charge in [0.1, 0.15) is 0 Å². The predicted molar refractivity (Wildman–Crippen MR) is 103 cm³/mol. The van der Waals surface area contributed by atoms with E-state index >= 15 is 0 Å². The summed E-state index contributed by atoms with van der Waals surface area (Å²) in [5.74, 6) is 0.226. The lowest BCUT2D eigenvalue weighted by Gasteiger charge is -2.34. The van der Waals surface area contributed by atoms with Crippen molar-refractivity contribution in [1.82, 2.24) is 9.80 Å². The molecule has 0 aromatic heterocycles. The first-order chi connectivity index (χ1) is 12.2. The Morgan fingerprint density at radius 1 is 0.960 bits per heavy atom. The molecule has 2 aromatic carbocycles. The van der Waals surface area contributed by atoms with Gasteiger partial charge in [-0.1, -0.05) is 42.5 Å². The van der Waals surface area contributed by atoms with Gasteiger partial charge in [-0.05, 0) is 17.7 Å². The lowest BCUT2D eigenvalue weighted by molar-refractivity contribution is 0.0923. The standard InChI is InChI=1S/C21H27N3O/c1-22-20-9-5-8-19(16-20)21(25)10-11-23-12-14-24(15-13-23)17-18-6-3-2-4-7-18/h2-9,16,22H,10-15,17H2,1H3. The third-order valence-electron chi connectivity index (χ3n) is 4.84. The molecule has 4 heteroatoms. The van der Waals surface area contributed by atoms with E-state index in [1.165, 1.54) is 5.56 Å². The zero-order valence-electron chi connectivity index (χ0n) is 14.9. The monoisotopic (exact) mass is 337 g/mol. The number of nitrogens with one attached hydrogen (secondary N) is 1. The van der Waals surface area contributed by atoms with Crippen LogP contribution in [-0.2, 0) is 6.54 Å². The molecule has 1 aliphatic heterocycles. The Morgan fingerprint density at radius 2 is 1.68 bits per heavy atom. The van der Waals surface area contributed by atoms with Crippen molar-refractivity contribution in [3.63, 3.8) is 0 Å². The van der Waals surface area contributed by atoms with Gasteiger partial charge in [0.2, 0.25) is 0 Å². The first-order valence-corrected chi connectivity index (χ1v) is 9.04. The van der Waals surface area contributed by atoms with Crippen molar-refractivity contribution in [3.8, 4) is 0 Å². The molecule has 0 amide bonds. The molecule has 2 aromatic rings. The Labute approximate surface area is 150 Å². The molecule has 0 radical (unpaired) electrons. The fourth-order valence-electron chi connectivity index (χ4n) is 3.26. The number of carbonyl (C=O) groups is 1. The zero-order chi connectivity index (χ0) is 17.5. The molecule has 0 unspecified atom stereocenters. The third-order valence-corrected chi connectivity index (χ3v) is 4.84. The fourth-order valence-corrected chi connectivity index (χ4v) is 3.26. The smallest absolute Gasteiger partial charge is 0.164 e. The summed E-state index contributed by atoms with van der Waals surface area (Å²) in [4.78, 5) is 17.3. The minimum atomic E-state index is 0.226. The van der Waals surface area contributed by atoms with Crippen LogP contribution >= 0.6 is 0 Å². The second kappa shape index (κ2) is 8.79. The van der Waals surface area contributed by atoms with Crippen LogP contribution in [-0.4, -0.2) is 55.4 Å². The number of rotatable bonds is 7. The van der Waals surface area contributed by atoms with Crippen LogP contribution < -0.4 is 5.32 Å². The van der Waals surface area contributed by atoms with Gasteiger partial charge < -0.3 is 10.2 Å². The number of nitrogens with zero attached hydrogens (tertiary/aromatic N) is 2. The van der Waals surface area contributed by atoms with Crippen molar-refractivity contribution in [3.05, 3.63) is 65.7 Å². The van der Waals surface area contributed by atoms with E-state index in [1.807, 2.05) is 31.3 Å². The van der Waals surface area contributed by atoms with Gasteiger partial charge in [-0.3, -0.25) is 9.69 Å². The normalized spacial score (nSPS) is 15.9. The molecule has 132 valence electrons. The molecule has 0 aliphatic carbocycles. The van der Waals surface area contributed by atoms with Crippen LogP contribution in [0, 0.1) is 0 Å². The van der Waals surface area contributed by atoms with Gasteiger partial charge >= 0.3 is 0 Å². The summed E-state index contributed by atoms with van der Waals surface area (Å²) < 4.78 is 0. The van der Waals surface area contributed by atoms with E-state index in [9.17, 15) is 4.79 Å². The summed E-state index contributed by atoms with van der Waals surface area (Å²) in [7, 11) is 1.87. The van der Waals surface area contributed by atoms with Crippen LogP contribution in [0.4, 0.5) is 5.69 Å². The van der Waals surface area contributed by atoms with E-state index in [0.717, 1.165) is 50.5 Å². The lowest BCUT2D eigenvalue weighted by Crippen LogP contribution is -2.46. The minimum absolute atomic E-state index is 0.226. The first kappa shape index (κ1) is 17.6. The Hall–Kier alpha value is -2.17. The third kappa shape index (κ3) is 5.15. The van der Waals surface area contributed by atoms with Crippen LogP contribution in [0.3, 0.4) is 0 Å². The van der Waals surface area contributed by atoms with Crippen molar-refractivity contribution in [2.75, 3.05) is 45.1 Å². The fraction of sp³-hybridized carbons (Fsp3) is 0.381. The largest absolute Gasteiger partial charge is 0.388 e. The van der Waals surface area contributed by atoms with Crippen LogP contribution in [0.25, 0.3) is 0 Å². The van der Waals surface area contributed by atoms with Gasteiger partial charge in [0.25, 0.3) is 0 Å². The summed E-state index contributed by atoms with van der Waals surface area (Å²) in [6.07, 6.45) is 0.589. The summed E-state index contributed by atoms with van der Waals surface area (Å²) in [6.45, 7) is 6.08. The molecule has 0 spiro atoms. The average molecular weight is 337 g/mol. The maximum atomic E-state index is 12.4. The highest BCUT2D eigenvalue weighted by Gasteiger charge is 2.18. The van der Waals surface area contributed by atoms with Gasteiger partial charge in [0.05, 0.1) is 0 Å². The molecule has 0 saturated carbocycles. The highest BCUT2D eigenvalue weighted by molar-refractivity contribution is 5.97. The maximum Gasteiger partial charge on any atom is 0.164 e. The molecule has 1 N–H and O–H groups in total. The van der Waals surface area contributed by atoms with Gasteiger partial charge in [0.15, 0.2) is 5.78 Å². The summed E-state index contributed by atoms with van der Waals surface area (Å²) in [6, 6.07) is 18.4. The number of ketones is 1. The molecule has 1 saturated heterocycles. The topological polar surface area (TPSA) is 35.6 Å². The van der Waals surface area contributed by atoms with Crippen molar-refractivity contribution < 1.29 is 4.79 Å². The van der Waals surface area contributed by atoms with E-state index in [2.05, 4.69) is 45.4 Å². The van der Waals surface area contributed by atoms with Gasteiger partial charge in [-0.15, -0.1) is 0 Å². The Kier molecular flexibility index (Phi) is 6.20. The zero-order valence-corrected chi connectivity index (χ0v) is 14.9. The van der Waals surface area contributed by atoms with E-state index < -0.39 is 0 Å². The summed E-state index contributed by atoms with van der Waals surface area (Å²) in [5.41, 5.74) is 3.16. The van der Waals surface area contributed by atoms with Gasteiger partial charge in [0, 0.05) is 64.0 Å². The van der Waals surface area contributed by atoms with E-state index in [-0.39, 0.29) is 5.78 Å². The molecule has 3 rings (SSSR count). The molecular weight excluding hydrogens is 310 g/mol. The molecule has 4 nitrogen and oxygen atoms in total. The number of carbonyl (C=O) groups excluding carboxylic acids is 1. The van der Waals surface area contributed by atoms with E-state index in [4.69, 9.17) is 0 Å². The van der Waals surface area contributed by atoms with Crippen LogP contribution in [0.1, 0.15) is 22.3 Å². The van der Waals surface area contributed by atoms with Gasteiger partial charge in [-0.25, -0.2) is 0 Å². The van der Waals surface area contributed by atoms with Gasteiger partial charge in [-0.2, -0.15) is 0 Å². The molecule has 0 bridgehead atoms. The number of anilines is 1. The predicted octanol–water partition coefficient (Wildman–Crippen LogP) is 3.12. The quantitative estimate of drug-likeness (QED) is 0.788. The minimum Gasteiger partial charge on any atom is -0.388 e. The Bertz CT molecular complexity index is 679. The van der Waals surface area contributed by atoms with E-state index in [0.29, 0.717) is 6.42 Å². The Morgan fingerprint density at radius 3 is 2.40 bits per heavy atom. The highest BCUT2D eigenvalue weighted by Crippen LogP contribution is 2.13. The first-order valence-electron chi connectivity index (χ1n) is 9.04. The molecular formula is C21H27N3O.